The molecule has 1 aliphatic carbocycles. The maximum atomic E-state index is 13.8. The molecular weight excluding hydrogens is 408 g/mol. The Labute approximate surface area is 176 Å². The van der Waals surface area contributed by atoms with Crippen molar-refractivity contribution in [1.29, 1.82) is 0 Å². The van der Waals surface area contributed by atoms with Crippen LogP contribution in [0.25, 0.3) is 11.3 Å². The molecule has 0 saturated carbocycles. The van der Waals surface area contributed by atoms with Crippen LogP contribution in [0.4, 0.5) is 29.1 Å². The van der Waals surface area contributed by atoms with Crippen molar-refractivity contribution in [3.8, 4) is 11.3 Å². The standard InChI is InChI=1S/C23H20F4N4/c24-14-9-10-19-17(12-14)22(31-30-19)29-21-15-6-2-1-5-13(15)11-20(28-21)16-7-3-4-8-18(16)23(25,26)27/h3-4,7-12,22,30-31H,1-2,5-6H2,(H,28,29). The molecule has 1 aromatic heterocycles. The van der Waals surface area contributed by atoms with Crippen molar-refractivity contribution in [3.05, 3.63) is 76.6 Å². The lowest BCUT2D eigenvalue weighted by Crippen LogP contribution is -2.27. The first-order valence-electron chi connectivity index (χ1n) is 10.2. The minimum atomic E-state index is -4.48. The van der Waals surface area contributed by atoms with Crippen LogP contribution in [0.3, 0.4) is 0 Å². The second-order valence-corrected chi connectivity index (χ2v) is 7.82. The van der Waals surface area contributed by atoms with Gasteiger partial charge in [-0.2, -0.15) is 13.2 Å². The van der Waals surface area contributed by atoms with E-state index in [2.05, 4.69) is 21.2 Å². The summed E-state index contributed by atoms with van der Waals surface area (Å²) in [6.07, 6.45) is -1.39. The Kier molecular flexibility index (Phi) is 4.81. The van der Waals surface area contributed by atoms with E-state index in [1.165, 1.54) is 24.3 Å². The van der Waals surface area contributed by atoms with Crippen LogP contribution >= 0.6 is 0 Å². The second kappa shape index (κ2) is 7.53. The highest BCUT2D eigenvalue weighted by Crippen LogP contribution is 2.39. The molecule has 0 fully saturated rings. The van der Waals surface area contributed by atoms with Crippen LogP contribution in [0, 0.1) is 5.82 Å². The summed E-state index contributed by atoms with van der Waals surface area (Å²) in [5.41, 5.74) is 9.10. The molecule has 0 radical (unpaired) electrons. The molecule has 2 aromatic carbocycles. The van der Waals surface area contributed by atoms with Gasteiger partial charge in [0.15, 0.2) is 0 Å². The molecule has 0 amide bonds. The molecule has 4 nitrogen and oxygen atoms in total. The van der Waals surface area contributed by atoms with Gasteiger partial charge in [-0.3, -0.25) is 0 Å². The average molecular weight is 428 g/mol. The van der Waals surface area contributed by atoms with Crippen LogP contribution in [0.15, 0.2) is 48.5 Å². The van der Waals surface area contributed by atoms with E-state index >= 15 is 0 Å². The van der Waals surface area contributed by atoms with Gasteiger partial charge in [0.1, 0.15) is 17.8 Å². The predicted molar refractivity (Wildman–Crippen MR) is 111 cm³/mol. The van der Waals surface area contributed by atoms with Crippen molar-refractivity contribution in [2.45, 2.75) is 38.0 Å². The molecule has 3 N–H and O–H groups in total. The van der Waals surface area contributed by atoms with Gasteiger partial charge < -0.3 is 10.7 Å². The minimum Gasteiger partial charge on any atom is -0.349 e. The zero-order chi connectivity index (χ0) is 21.6. The molecule has 1 unspecified atom stereocenters. The van der Waals surface area contributed by atoms with E-state index in [-0.39, 0.29) is 17.1 Å². The van der Waals surface area contributed by atoms with E-state index in [9.17, 15) is 17.6 Å². The molecule has 0 spiro atoms. The van der Waals surface area contributed by atoms with Gasteiger partial charge in [-0.1, -0.05) is 18.2 Å². The number of alkyl halides is 3. The number of aryl methyl sites for hydroxylation is 1. The monoisotopic (exact) mass is 428 g/mol. The lowest BCUT2D eigenvalue weighted by atomic mass is 9.90. The van der Waals surface area contributed by atoms with Crippen LogP contribution in [0.2, 0.25) is 0 Å². The summed E-state index contributed by atoms with van der Waals surface area (Å²) in [6.45, 7) is 0. The smallest absolute Gasteiger partial charge is 0.349 e. The molecule has 8 heteroatoms. The summed E-state index contributed by atoms with van der Waals surface area (Å²) in [6, 6.07) is 11.7. The number of hydrogen-bond acceptors (Lipinski definition) is 4. The summed E-state index contributed by atoms with van der Waals surface area (Å²) in [4.78, 5) is 4.62. The number of aromatic nitrogens is 1. The molecule has 5 rings (SSSR count). The predicted octanol–water partition coefficient (Wildman–Crippen LogP) is 5.83. The summed E-state index contributed by atoms with van der Waals surface area (Å²) < 4.78 is 54.6. The van der Waals surface area contributed by atoms with Gasteiger partial charge in [-0.15, -0.1) is 0 Å². The average Bonchev–Trinajstić information content (AvgIpc) is 3.15. The Bertz CT molecular complexity index is 1140. The van der Waals surface area contributed by atoms with E-state index in [0.717, 1.165) is 48.6 Å². The summed E-state index contributed by atoms with van der Waals surface area (Å²) in [5, 5.41) is 3.29. The highest BCUT2D eigenvalue weighted by Gasteiger charge is 2.34. The van der Waals surface area contributed by atoms with Crippen LogP contribution < -0.4 is 16.2 Å². The fraction of sp³-hybridized carbons (Fsp3) is 0.261. The first-order chi connectivity index (χ1) is 14.9. The van der Waals surface area contributed by atoms with E-state index < -0.39 is 17.9 Å². The minimum absolute atomic E-state index is 0.0513. The summed E-state index contributed by atoms with van der Waals surface area (Å²) in [5.74, 6) is 0.166. The molecule has 1 atom stereocenters. The fourth-order valence-corrected chi connectivity index (χ4v) is 4.32. The Morgan fingerprint density at radius 3 is 2.65 bits per heavy atom. The molecular formula is C23H20F4N4. The van der Waals surface area contributed by atoms with Gasteiger partial charge in [0.2, 0.25) is 0 Å². The van der Waals surface area contributed by atoms with Crippen molar-refractivity contribution in [2.75, 3.05) is 10.7 Å². The molecule has 3 aromatic rings. The third-order valence-electron chi connectivity index (χ3n) is 5.80. The maximum Gasteiger partial charge on any atom is 0.417 e. The van der Waals surface area contributed by atoms with Crippen molar-refractivity contribution < 1.29 is 17.6 Å². The lowest BCUT2D eigenvalue weighted by Gasteiger charge is -2.24. The number of hydrazine groups is 1. The first-order valence-corrected chi connectivity index (χ1v) is 10.2. The third kappa shape index (κ3) is 3.72. The van der Waals surface area contributed by atoms with E-state index in [4.69, 9.17) is 0 Å². The van der Waals surface area contributed by atoms with Crippen LogP contribution in [0.5, 0.6) is 0 Å². The van der Waals surface area contributed by atoms with Crippen LogP contribution in [-0.4, -0.2) is 4.98 Å². The van der Waals surface area contributed by atoms with Crippen molar-refractivity contribution in [2.24, 2.45) is 0 Å². The molecule has 160 valence electrons. The molecule has 0 saturated heterocycles. The quantitative estimate of drug-likeness (QED) is 0.460. The van der Waals surface area contributed by atoms with E-state index in [0.29, 0.717) is 11.4 Å². The Morgan fingerprint density at radius 1 is 1.00 bits per heavy atom. The number of nitrogens with zero attached hydrogens (tertiary/aromatic N) is 1. The van der Waals surface area contributed by atoms with Gasteiger partial charge in [-0.25, -0.2) is 14.8 Å². The first kappa shape index (κ1) is 19.8. The molecule has 2 heterocycles. The van der Waals surface area contributed by atoms with Crippen molar-refractivity contribution in [1.82, 2.24) is 10.4 Å². The molecule has 31 heavy (non-hydrogen) atoms. The number of benzene rings is 2. The third-order valence-corrected chi connectivity index (χ3v) is 5.80. The van der Waals surface area contributed by atoms with Crippen molar-refractivity contribution in [3.63, 3.8) is 0 Å². The zero-order valence-electron chi connectivity index (χ0n) is 16.5. The molecule has 1 aliphatic heterocycles. The number of fused-ring (bicyclic) bond motifs is 2. The number of halogens is 4. The Morgan fingerprint density at radius 2 is 1.81 bits per heavy atom. The van der Waals surface area contributed by atoms with Gasteiger partial charge >= 0.3 is 6.18 Å². The van der Waals surface area contributed by atoms with Crippen LogP contribution in [0.1, 0.15) is 41.3 Å². The van der Waals surface area contributed by atoms with Gasteiger partial charge in [0.25, 0.3) is 0 Å². The van der Waals surface area contributed by atoms with E-state index in [1.807, 2.05) is 0 Å². The van der Waals surface area contributed by atoms with E-state index in [1.54, 1.807) is 18.2 Å². The number of anilines is 2. The maximum absolute atomic E-state index is 13.8. The lowest BCUT2D eigenvalue weighted by molar-refractivity contribution is -0.137. The number of nitrogens with one attached hydrogen (secondary N) is 3. The van der Waals surface area contributed by atoms with Crippen LogP contribution in [-0.2, 0) is 19.0 Å². The Hall–Kier alpha value is -3.13. The highest BCUT2D eigenvalue weighted by atomic mass is 19.4. The fourth-order valence-electron chi connectivity index (χ4n) is 4.32. The summed E-state index contributed by atoms with van der Waals surface area (Å²) >= 11 is 0. The normalized spacial score (nSPS) is 17.6. The molecule has 2 aliphatic rings. The van der Waals surface area contributed by atoms with Gasteiger partial charge in [0.05, 0.1) is 16.9 Å². The summed E-state index contributed by atoms with van der Waals surface area (Å²) in [7, 11) is 0. The zero-order valence-corrected chi connectivity index (χ0v) is 16.5. The number of rotatable bonds is 3. The van der Waals surface area contributed by atoms with Gasteiger partial charge in [-0.05, 0) is 67.1 Å². The largest absolute Gasteiger partial charge is 0.417 e. The topological polar surface area (TPSA) is 49.0 Å². The van der Waals surface area contributed by atoms with Crippen molar-refractivity contribution >= 4 is 11.5 Å². The number of pyridine rings is 1. The Balaban J connectivity index is 1.59. The number of hydrogen-bond donors (Lipinski definition) is 3. The SMILES string of the molecule is Fc1ccc2c(c1)C(Nc1nc(-c3ccccc3C(F)(F)F)cc3c1CCCC3)NN2. The molecule has 0 bridgehead atoms. The van der Waals surface area contributed by atoms with Gasteiger partial charge in [0, 0.05) is 11.1 Å². The highest BCUT2D eigenvalue weighted by molar-refractivity contribution is 5.69. The second-order valence-electron chi connectivity index (χ2n) is 7.82.